The summed E-state index contributed by atoms with van der Waals surface area (Å²) in [5.74, 6) is 1.45. The maximum atomic E-state index is 12.6. The summed E-state index contributed by atoms with van der Waals surface area (Å²) in [4.78, 5) is 12.6. The van der Waals surface area contributed by atoms with Crippen molar-refractivity contribution in [1.82, 2.24) is 5.32 Å². The second-order valence-corrected chi connectivity index (χ2v) is 9.12. The summed E-state index contributed by atoms with van der Waals surface area (Å²) in [6.45, 7) is 3.97. The summed E-state index contributed by atoms with van der Waals surface area (Å²) < 4.78 is 41.3. The van der Waals surface area contributed by atoms with E-state index in [4.69, 9.17) is 14.2 Å². The molecule has 2 rings (SSSR count). The zero-order chi connectivity index (χ0) is 23.0. The van der Waals surface area contributed by atoms with Crippen molar-refractivity contribution < 1.29 is 27.4 Å². The predicted octanol–water partition coefficient (Wildman–Crippen LogP) is 2.83. The first-order valence-electron chi connectivity index (χ1n) is 9.92. The fourth-order valence-electron chi connectivity index (χ4n) is 2.74. The molecule has 0 aliphatic carbocycles. The third-order valence-electron chi connectivity index (χ3n) is 4.59. The topological polar surface area (TPSA) is 94.2 Å². The summed E-state index contributed by atoms with van der Waals surface area (Å²) in [6.07, 6.45) is 0.914. The van der Waals surface area contributed by atoms with Gasteiger partial charge in [-0.05, 0) is 49.7 Å². The van der Waals surface area contributed by atoms with E-state index >= 15 is 0 Å². The predicted molar refractivity (Wildman–Crippen MR) is 120 cm³/mol. The summed E-state index contributed by atoms with van der Waals surface area (Å²) in [6, 6.07) is 13.6. The number of carbonyl (C=O) groups excluding carboxylic acids is 1. The highest BCUT2D eigenvalue weighted by Crippen LogP contribution is 2.26. The van der Waals surface area contributed by atoms with E-state index in [9.17, 15) is 13.2 Å². The number of ether oxygens (including phenoxy) is 3. The third-order valence-corrected chi connectivity index (χ3v) is 5.79. The molecule has 0 spiro atoms. The van der Waals surface area contributed by atoms with Crippen molar-refractivity contribution in [2.75, 3.05) is 31.3 Å². The highest BCUT2D eigenvalue weighted by molar-refractivity contribution is 7.92. The lowest BCUT2D eigenvalue weighted by Crippen LogP contribution is -2.44. The molecule has 0 saturated carbocycles. The molecule has 0 aromatic heterocycles. The minimum Gasteiger partial charge on any atom is -0.493 e. The maximum absolute atomic E-state index is 12.6. The van der Waals surface area contributed by atoms with E-state index in [1.165, 1.54) is 11.4 Å². The lowest BCUT2D eigenvalue weighted by molar-refractivity contribution is -0.128. The standard InChI is InChI=1S/C22H30N2O6S/c1-6-19(30-18-13-11-17(12-14-18)24(3)31(5,26)27)22(25)23-16(2)15-29-21-10-8-7-9-20(21)28-4/h7-14,16,19H,6,15H2,1-5H3,(H,23,25)/t16-,19-/m0/s1. The van der Waals surface area contributed by atoms with Crippen LogP contribution in [0.4, 0.5) is 5.69 Å². The van der Waals surface area contributed by atoms with Gasteiger partial charge in [0.05, 0.1) is 25.1 Å². The van der Waals surface area contributed by atoms with Gasteiger partial charge in [-0.1, -0.05) is 19.1 Å². The molecular weight excluding hydrogens is 420 g/mol. The monoisotopic (exact) mass is 450 g/mol. The van der Waals surface area contributed by atoms with E-state index in [-0.39, 0.29) is 18.6 Å². The van der Waals surface area contributed by atoms with Crippen LogP contribution in [0.5, 0.6) is 17.2 Å². The number of methoxy groups -OCH3 is 1. The van der Waals surface area contributed by atoms with Crippen LogP contribution in [0.2, 0.25) is 0 Å². The second-order valence-electron chi connectivity index (χ2n) is 7.11. The van der Waals surface area contributed by atoms with Gasteiger partial charge in [0.2, 0.25) is 10.0 Å². The van der Waals surface area contributed by atoms with Crippen molar-refractivity contribution in [2.45, 2.75) is 32.4 Å². The molecule has 2 aromatic rings. The minimum absolute atomic E-state index is 0.249. The van der Waals surface area contributed by atoms with Crippen LogP contribution in [-0.4, -0.2) is 53.5 Å². The van der Waals surface area contributed by atoms with E-state index in [1.54, 1.807) is 43.5 Å². The average Bonchev–Trinajstić information content (AvgIpc) is 2.75. The Bertz CT molecular complexity index is 962. The van der Waals surface area contributed by atoms with E-state index in [1.807, 2.05) is 26.0 Å². The SMILES string of the molecule is CC[C@H](Oc1ccc(N(C)S(C)(=O)=O)cc1)C(=O)N[C@@H](C)COc1ccccc1OC. The first-order chi connectivity index (χ1) is 14.7. The fraction of sp³-hybridized carbons (Fsp3) is 0.409. The van der Waals surface area contributed by atoms with E-state index < -0.39 is 16.1 Å². The number of hydrogen-bond donors (Lipinski definition) is 1. The maximum Gasteiger partial charge on any atom is 0.261 e. The first-order valence-corrected chi connectivity index (χ1v) is 11.8. The molecule has 0 aliphatic rings. The van der Waals surface area contributed by atoms with Crippen LogP contribution < -0.4 is 23.8 Å². The van der Waals surface area contributed by atoms with Crippen LogP contribution in [0, 0.1) is 0 Å². The number of anilines is 1. The van der Waals surface area contributed by atoms with E-state index in [2.05, 4.69) is 5.32 Å². The molecular formula is C22H30N2O6S. The zero-order valence-corrected chi connectivity index (χ0v) is 19.3. The Hall–Kier alpha value is -2.94. The van der Waals surface area contributed by atoms with Gasteiger partial charge < -0.3 is 19.5 Å². The van der Waals surface area contributed by atoms with Gasteiger partial charge in [-0.2, -0.15) is 0 Å². The second kappa shape index (κ2) is 10.9. The number of nitrogens with zero attached hydrogens (tertiary/aromatic N) is 1. The third kappa shape index (κ3) is 7.06. The van der Waals surface area contributed by atoms with Gasteiger partial charge in [-0.3, -0.25) is 9.10 Å². The summed E-state index contributed by atoms with van der Waals surface area (Å²) >= 11 is 0. The van der Waals surface area contributed by atoms with Crippen molar-refractivity contribution in [3.63, 3.8) is 0 Å². The molecule has 0 heterocycles. The van der Waals surface area contributed by atoms with Gasteiger partial charge >= 0.3 is 0 Å². The lowest BCUT2D eigenvalue weighted by atomic mass is 10.2. The minimum atomic E-state index is -3.34. The molecule has 9 heteroatoms. The first kappa shape index (κ1) is 24.3. The van der Waals surface area contributed by atoms with Crippen LogP contribution in [0.1, 0.15) is 20.3 Å². The number of para-hydroxylation sites is 2. The van der Waals surface area contributed by atoms with Crippen molar-refractivity contribution in [3.05, 3.63) is 48.5 Å². The molecule has 0 radical (unpaired) electrons. The summed E-state index contributed by atoms with van der Waals surface area (Å²) in [5, 5.41) is 2.89. The highest BCUT2D eigenvalue weighted by Gasteiger charge is 2.21. The Morgan fingerprint density at radius 2 is 1.71 bits per heavy atom. The average molecular weight is 451 g/mol. The lowest BCUT2D eigenvalue weighted by Gasteiger charge is -2.22. The van der Waals surface area contributed by atoms with Gasteiger partial charge in [-0.15, -0.1) is 0 Å². The Morgan fingerprint density at radius 1 is 1.10 bits per heavy atom. The molecule has 0 fully saturated rings. The summed E-state index contributed by atoms with van der Waals surface area (Å²) in [5.41, 5.74) is 0.509. The number of hydrogen-bond acceptors (Lipinski definition) is 6. The van der Waals surface area contributed by atoms with Crippen LogP contribution in [0.3, 0.4) is 0 Å². The molecule has 31 heavy (non-hydrogen) atoms. The summed E-state index contributed by atoms with van der Waals surface area (Å²) in [7, 11) is -0.299. The molecule has 8 nitrogen and oxygen atoms in total. The van der Waals surface area contributed by atoms with Crippen LogP contribution in [0.15, 0.2) is 48.5 Å². The molecule has 0 saturated heterocycles. The highest BCUT2D eigenvalue weighted by atomic mass is 32.2. The van der Waals surface area contributed by atoms with Gasteiger partial charge in [-0.25, -0.2) is 8.42 Å². The van der Waals surface area contributed by atoms with Crippen molar-refractivity contribution in [1.29, 1.82) is 0 Å². The van der Waals surface area contributed by atoms with Crippen molar-refractivity contribution in [2.24, 2.45) is 0 Å². The number of benzene rings is 2. The van der Waals surface area contributed by atoms with Gasteiger partial charge in [0.15, 0.2) is 17.6 Å². The van der Waals surface area contributed by atoms with E-state index in [0.29, 0.717) is 29.4 Å². The van der Waals surface area contributed by atoms with Crippen LogP contribution in [0.25, 0.3) is 0 Å². The quantitative estimate of drug-likeness (QED) is 0.566. The Morgan fingerprint density at radius 3 is 2.26 bits per heavy atom. The Kier molecular flexibility index (Phi) is 8.56. The van der Waals surface area contributed by atoms with Crippen LogP contribution >= 0.6 is 0 Å². The van der Waals surface area contributed by atoms with E-state index in [0.717, 1.165) is 6.26 Å². The molecule has 0 unspecified atom stereocenters. The fourth-order valence-corrected chi connectivity index (χ4v) is 3.25. The number of sulfonamides is 1. The van der Waals surface area contributed by atoms with Gasteiger partial charge in [0.25, 0.3) is 5.91 Å². The Balaban J connectivity index is 1.92. The smallest absolute Gasteiger partial charge is 0.261 e. The largest absolute Gasteiger partial charge is 0.493 e. The molecule has 2 aromatic carbocycles. The number of rotatable bonds is 11. The molecule has 0 bridgehead atoms. The Labute approximate surface area is 184 Å². The van der Waals surface area contributed by atoms with Gasteiger partial charge in [0, 0.05) is 7.05 Å². The normalized spacial score (nSPS) is 13.1. The zero-order valence-electron chi connectivity index (χ0n) is 18.5. The molecule has 2 atom stereocenters. The van der Waals surface area contributed by atoms with Crippen molar-refractivity contribution in [3.8, 4) is 17.2 Å². The number of carbonyl (C=O) groups is 1. The number of amides is 1. The van der Waals surface area contributed by atoms with Crippen LogP contribution in [-0.2, 0) is 14.8 Å². The number of nitrogens with one attached hydrogen (secondary N) is 1. The van der Waals surface area contributed by atoms with Gasteiger partial charge in [0.1, 0.15) is 12.4 Å². The molecule has 1 amide bonds. The molecule has 170 valence electrons. The molecule has 1 N–H and O–H groups in total. The molecule has 0 aliphatic heterocycles. The van der Waals surface area contributed by atoms with Crippen molar-refractivity contribution >= 4 is 21.6 Å².